The van der Waals surface area contributed by atoms with E-state index in [9.17, 15) is 4.79 Å². The second kappa shape index (κ2) is 6.47. The number of aryl methyl sites for hydroxylation is 3. The van der Waals surface area contributed by atoms with Crippen LogP contribution in [0.5, 0.6) is 0 Å². The molecule has 2 heterocycles. The molecular formula is C13H16N2O2S. The summed E-state index contributed by atoms with van der Waals surface area (Å²) in [5.41, 5.74) is 1.05. The molecule has 0 aliphatic rings. The Morgan fingerprint density at radius 1 is 1.33 bits per heavy atom. The van der Waals surface area contributed by atoms with Gasteiger partial charge in [0.15, 0.2) is 0 Å². The topological polar surface area (TPSA) is 55.1 Å². The van der Waals surface area contributed by atoms with Crippen LogP contribution in [0.4, 0.5) is 0 Å². The molecule has 0 bridgehead atoms. The van der Waals surface area contributed by atoms with E-state index in [0.717, 1.165) is 30.0 Å². The summed E-state index contributed by atoms with van der Waals surface area (Å²) in [5.74, 6) is 0. The minimum absolute atomic E-state index is 0.0227. The molecule has 0 aromatic carbocycles. The molecule has 2 aromatic heterocycles. The van der Waals surface area contributed by atoms with E-state index in [-0.39, 0.29) is 12.2 Å². The Balaban J connectivity index is 1.92. The van der Waals surface area contributed by atoms with E-state index in [2.05, 4.69) is 4.98 Å². The van der Waals surface area contributed by atoms with E-state index >= 15 is 0 Å². The molecule has 0 radical (unpaired) electrons. The summed E-state index contributed by atoms with van der Waals surface area (Å²) in [6.07, 6.45) is 4.13. The highest BCUT2D eigenvalue weighted by Crippen LogP contribution is 2.12. The first-order chi connectivity index (χ1) is 8.79. The second-order valence-corrected chi connectivity index (χ2v) is 4.98. The van der Waals surface area contributed by atoms with Crippen LogP contribution >= 0.6 is 11.3 Å². The van der Waals surface area contributed by atoms with Gasteiger partial charge >= 0.3 is 0 Å². The summed E-state index contributed by atoms with van der Waals surface area (Å²) >= 11 is 1.62. The van der Waals surface area contributed by atoms with Gasteiger partial charge in [0.2, 0.25) is 0 Å². The van der Waals surface area contributed by atoms with Gasteiger partial charge in [-0.15, -0.1) is 11.3 Å². The van der Waals surface area contributed by atoms with Gasteiger partial charge in [-0.1, -0.05) is 6.07 Å². The molecular weight excluding hydrogens is 248 g/mol. The first-order valence-electron chi connectivity index (χ1n) is 5.99. The predicted molar refractivity (Wildman–Crippen MR) is 71.9 cm³/mol. The van der Waals surface area contributed by atoms with Crippen LogP contribution < -0.4 is 5.56 Å². The summed E-state index contributed by atoms with van der Waals surface area (Å²) in [7, 11) is 0. The smallest absolute Gasteiger partial charge is 0.250 e. The number of nitrogens with zero attached hydrogens (tertiary/aromatic N) is 2. The highest BCUT2D eigenvalue weighted by Gasteiger charge is 2.02. The van der Waals surface area contributed by atoms with E-state index in [0.29, 0.717) is 6.54 Å². The van der Waals surface area contributed by atoms with Crippen LogP contribution in [0.25, 0.3) is 0 Å². The molecule has 0 saturated heterocycles. The molecule has 0 saturated carbocycles. The zero-order valence-electron chi connectivity index (χ0n) is 10.1. The molecule has 0 atom stereocenters. The quantitative estimate of drug-likeness (QED) is 0.859. The lowest BCUT2D eigenvalue weighted by Gasteiger charge is -2.02. The van der Waals surface area contributed by atoms with Crippen molar-refractivity contribution in [2.45, 2.75) is 25.8 Å². The number of rotatable bonds is 6. The number of aromatic nitrogens is 2. The van der Waals surface area contributed by atoms with E-state index in [1.165, 1.54) is 0 Å². The molecule has 0 fully saturated rings. The third-order valence-corrected chi connectivity index (χ3v) is 3.61. The first-order valence-corrected chi connectivity index (χ1v) is 6.87. The van der Waals surface area contributed by atoms with Crippen molar-refractivity contribution in [3.05, 3.63) is 50.8 Å². The average Bonchev–Trinajstić information content (AvgIpc) is 2.83. The van der Waals surface area contributed by atoms with Crippen molar-refractivity contribution < 1.29 is 5.11 Å². The molecule has 0 unspecified atom stereocenters. The van der Waals surface area contributed by atoms with Crippen molar-refractivity contribution in [1.82, 2.24) is 9.55 Å². The Kier molecular flexibility index (Phi) is 4.66. The van der Waals surface area contributed by atoms with Crippen molar-refractivity contribution >= 4 is 11.3 Å². The lowest BCUT2D eigenvalue weighted by atomic mass is 10.3. The monoisotopic (exact) mass is 264 g/mol. The fourth-order valence-corrected chi connectivity index (χ4v) is 2.52. The summed E-state index contributed by atoms with van der Waals surface area (Å²) in [6, 6.07) is 5.17. The molecule has 0 aliphatic carbocycles. The highest BCUT2D eigenvalue weighted by molar-refractivity contribution is 7.09. The lowest BCUT2D eigenvalue weighted by molar-refractivity contribution is 0.288. The normalized spacial score (nSPS) is 10.7. The number of thiazole rings is 1. The maximum absolute atomic E-state index is 11.5. The van der Waals surface area contributed by atoms with Crippen LogP contribution in [0.15, 0.2) is 34.6 Å². The Labute approximate surface area is 110 Å². The van der Waals surface area contributed by atoms with E-state index < -0.39 is 0 Å². The van der Waals surface area contributed by atoms with E-state index in [1.807, 2.05) is 11.4 Å². The maximum Gasteiger partial charge on any atom is 0.250 e. The highest BCUT2D eigenvalue weighted by atomic mass is 32.1. The van der Waals surface area contributed by atoms with Crippen LogP contribution in [0.3, 0.4) is 0 Å². The van der Waals surface area contributed by atoms with Crippen LogP contribution in [0, 0.1) is 0 Å². The molecule has 0 aliphatic heterocycles. The molecule has 5 heteroatoms. The molecule has 96 valence electrons. The molecule has 0 spiro atoms. The number of hydrogen-bond donors (Lipinski definition) is 1. The molecule has 0 amide bonds. The fourth-order valence-electron chi connectivity index (χ4n) is 1.70. The number of pyridine rings is 1. The van der Waals surface area contributed by atoms with Gasteiger partial charge in [0.25, 0.3) is 5.56 Å². The largest absolute Gasteiger partial charge is 0.396 e. The summed E-state index contributed by atoms with van der Waals surface area (Å²) in [5, 5.41) is 11.8. The summed E-state index contributed by atoms with van der Waals surface area (Å²) < 4.78 is 1.69. The van der Waals surface area contributed by atoms with E-state index in [1.54, 1.807) is 34.2 Å². The maximum atomic E-state index is 11.5. The van der Waals surface area contributed by atoms with Crippen molar-refractivity contribution in [2.24, 2.45) is 0 Å². The first kappa shape index (κ1) is 13.0. The van der Waals surface area contributed by atoms with E-state index in [4.69, 9.17) is 5.11 Å². The Morgan fingerprint density at radius 2 is 2.22 bits per heavy atom. The standard InChI is InChI=1S/C13H16N2O2S/c16-9-3-4-11-10-18-12(14-11)6-8-15-7-2-1-5-13(15)17/h1-2,5,7,10,16H,3-4,6,8-9H2. The molecule has 2 aromatic rings. The van der Waals surface area contributed by atoms with Gasteiger partial charge in [-0.25, -0.2) is 4.98 Å². The van der Waals surface area contributed by atoms with Gasteiger partial charge < -0.3 is 9.67 Å². The Morgan fingerprint density at radius 3 is 3.00 bits per heavy atom. The van der Waals surface area contributed by atoms with Crippen LogP contribution in [-0.4, -0.2) is 21.3 Å². The fraction of sp³-hybridized carbons (Fsp3) is 0.385. The lowest BCUT2D eigenvalue weighted by Crippen LogP contribution is -2.18. The van der Waals surface area contributed by atoms with Crippen LogP contribution in [0.1, 0.15) is 17.1 Å². The third-order valence-electron chi connectivity index (χ3n) is 2.66. The molecule has 1 N–H and O–H groups in total. The SMILES string of the molecule is O=c1ccccn1CCc1nc(CCCO)cs1. The number of hydrogen-bond acceptors (Lipinski definition) is 4. The third kappa shape index (κ3) is 3.51. The van der Waals surface area contributed by atoms with Gasteiger partial charge in [0.1, 0.15) is 0 Å². The minimum Gasteiger partial charge on any atom is -0.396 e. The van der Waals surface area contributed by atoms with Crippen LogP contribution in [-0.2, 0) is 19.4 Å². The summed E-state index contributed by atoms with van der Waals surface area (Å²) in [6.45, 7) is 0.860. The minimum atomic E-state index is 0.0227. The van der Waals surface area contributed by atoms with Crippen molar-refractivity contribution in [3.8, 4) is 0 Å². The zero-order chi connectivity index (χ0) is 12.8. The molecule has 18 heavy (non-hydrogen) atoms. The van der Waals surface area contributed by atoms with Crippen LogP contribution in [0.2, 0.25) is 0 Å². The Bertz CT molecular complexity index is 548. The second-order valence-electron chi connectivity index (χ2n) is 4.04. The van der Waals surface area contributed by atoms with Gasteiger partial charge in [-0.05, 0) is 18.9 Å². The molecule has 2 rings (SSSR count). The number of aliphatic hydroxyl groups is 1. The predicted octanol–water partition coefficient (Wildman–Crippen LogP) is 1.47. The van der Waals surface area contributed by atoms with Crippen molar-refractivity contribution in [2.75, 3.05) is 6.61 Å². The Hall–Kier alpha value is -1.46. The van der Waals surface area contributed by atoms with Gasteiger partial charge in [0, 0.05) is 37.2 Å². The average molecular weight is 264 g/mol. The summed E-state index contributed by atoms with van der Waals surface area (Å²) in [4.78, 5) is 16.0. The van der Waals surface area contributed by atoms with Gasteiger partial charge in [-0.2, -0.15) is 0 Å². The number of aliphatic hydroxyl groups excluding tert-OH is 1. The van der Waals surface area contributed by atoms with Crippen molar-refractivity contribution in [3.63, 3.8) is 0 Å². The van der Waals surface area contributed by atoms with Gasteiger partial charge in [0.05, 0.1) is 10.7 Å². The zero-order valence-corrected chi connectivity index (χ0v) is 10.9. The van der Waals surface area contributed by atoms with Crippen molar-refractivity contribution in [1.29, 1.82) is 0 Å². The van der Waals surface area contributed by atoms with Gasteiger partial charge in [-0.3, -0.25) is 4.79 Å². The molecule has 4 nitrogen and oxygen atoms in total.